The third-order valence-corrected chi connectivity index (χ3v) is 5.19. The van der Waals surface area contributed by atoms with E-state index in [-0.39, 0.29) is 12.4 Å². The van der Waals surface area contributed by atoms with Crippen LogP contribution in [0.25, 0.3) is 5.69 Å². The second-order valence-electron chi connectivity index (χ2n) is 6.11. The van der Waals surface area contributed by atoms with E-state index in [2.05, 4.69) is 20.7 Å². The van der Waals surface area contributed by atoms with Crippen LogP contribution in [0.3, 0.4) is 0 Å². The number of amides is 2. The number of thioether (sulfide) groups is 1. The quantitative estimate of drug-likeness (QED) is 0.660. The SMILES string of the molecule is O=C(NCc1ccccn1)C(=O)Nc1c2c(nn1-c1ccc(F)cc1)CSC2. The molecular formula is C19H16FN5O2S. The zero-order valence-corrected chi connectivity index (χ0v) is 15.5. The van der Waals surface area contributed by atoms with Gasteiger partial charge in [-0.3, -0.25) is 14.6 Å². The fourth-order valence-corrected chi connectivity index (χ4v) is 3.86. The van der Waals surface area contributed by atoms with Gasteiger partial charge in [-0.05, 0) is 36.4 Å². The van der Waals surface area contributed by atoms with Gasteiger partial charge in [0.2, 0.25) is 0 Å². The summed E-state index contributed by atoms with van der Waals surface area (Å²) in [6, 6.07) is 11.1. The van der Waals surface area contributed by atoms with Crippen molar-refractivity contribution < 1.29 is 14.0 Å². The molecule has 28 heavy (non-hydrogen) atoms. The van der Waals surface area contributed by atoms with E-state index in [0.717, 1.165) is 17.0 Å². The summed E-state index contributed by atoms with van der Waals surface area (Å²) in [6.45, 7) is 0.151. The summed E-state index contributed by atoms with van der Waals surface area (Å²) < 4.78 is 14.8. The van der Waals surface area contributed by atoms with Crippen LogP contribution in [-0.4, -0.2) is 26.6 Å². The molecule has 1 aromatic carbocycles. The Bertz CT molecular complexity index is 1020. The summed E-state index contributed by atoms with van der Waals surface area (Å²) in [5, 5.41) is 9.72. The summed E-state index contributed by atoms with van der Waals surface area (Å²) in [5.41, 5.74) is 2.97. The second kappa shape index (κ2) is 7.81. The number of nitrogens with one attached hydrogen (secondary N) is 2. The molecule has 142 valence electrons. The van der Waals surface area contributed by atoms with E-state index in [9.17, 15) is 14.0 Å². The molecule has 4 rings (SSSR count). The summed E-state index contributed by atoms with van der Waals surface area (Å²) in [7, 11) is 0. The number of hydrogen-bond donors (Lipinski definition) is 2. The topological polar surface area (TPSA) is 88.9 Å². The van der Waals surface area contributed by atoms with Crippen LogP contribution in [0.5, 0.6) is 0 Å². The van der Waals surface area contributed by atoms with Gasteiger partial charge in [0.1, 0.15) is 11.6 Å². The molecule has 2 aromatic heterocycles. The van der Waals surface area contributed by atoms with Crippen molar-refractivity contribution in [3.05, 3.63) is 71.4 Å². The molecule has 0 radical (unpaired) electrons. The third-order valence-electron chi connectivity index (χ3n) is 4.22. The largest absolute Gasteiger partial charge is 0.342 e. The lowest BCUT2D eigenvalue weighted by Crippen LogP contribution is -2.35. The maximum Gasteiger partial charge on any atom is 0.314 e. The van der Waals surface area contributed by atoms with Crippen molar-refractivity contribution in [2.24, 2.45) is 0 Å². The van der Waals surface area contributed by atoms with E-state index in [4.69, 9.17) is 0 Å². The first-order valence-corrected chi connectivity index (χ1v) is 9.71. The van der Waals surface area contributed by atoms with Crippen LogP contribution < -0.4 is 10.6 Å². The van der Waals surface area contributed by atoms with Gasteiger partial charge in [-0.15, -0.1) is 0 Å². The van der Waals surface area contributed by atoms with Gasteiger partial charge < -0.3 is 10.6 Å². The van der Waals surface area contributed by atoms with Gasteiger partial charge in [0.15, 0.2) is 0 Å². The lowest BCUT2D eigenvalue weighted by molar-refractivity contribution is -0.136. The number of hydrogen-bond acceptors (Lipinski definition) is 5. The fourth-order valence-electron chi connectivity index (χ4n) is 2.83. The normalized spacial score (nSPS) is 12.5. The Morgan fingerprint density at radius 3 is 2.68 bits per heavy atom. The Hall–Kier alpha value is -3.20. The average molecular weight is 397 g/mol. The van der Waals surface area contributed by atoms with Crippen molar-refractivity contribution in [2.45, 2.75) is 18.1 Å². The van der Waals surface area contributed by atoms with Gasteiger partial charge in [0.25, 0.3) is 0 Å². The van der Waals surface area contributed by atoms with Gasteiger partial charge in [-0.25, -0.2) is 9.07 Å². The zero-order chi connectivity index (χ0) is 19.5. The van der Waals surface area contributed by atoms with Crippen LogP contribution in [0.15, 0.2) is 48.7 Å². The minimum atomic E-state index is -0.793. The molecule has 1 aliphatic heterocycles. The molecule has 0 atom stereocenters. The lowest BCUT2D eigenvalue weighted by atomic mass is 10.2. The summed E-state index contributed by atoms with van der Waals surface area (Å²) >= 11 is 1.68. The number of anilines is 1. The Balaban J connectivity index is 1.53. The first-order chi connectivity index (χ1) is 13.6. The Morgan fingerprint density at radius 2 is 1.93 bits per heavy atom. The van der Waals surface area contributed by atoms with E-state index in [1.54, 1.807) is 48.3 Å². The van der Waals surface area contributed by atoms with Crippen molar-refractivity contribution >= 4 is 29.4 Å². The van der Waals surface area contributed by atoms with Crippen molar-refractivity contribution in [3.63, 3.8) is 0 Å². The van der Waals surface area contributed by atoms with E-state index in [1.165, 1.54) is 16.8 Å². The minimum Gasteiger partial charge on any atom is -0.342 e. The van der Waals surface area contributed by atoms with E-state index >= 15 is 0 Å². The minimum absolute atomic E-state index is 0.151. The number of carbonyl (C=O) groups is 2. The van der Waals surface area contributed by atoms with Crippen LogP contribution in [0.4, 0.5) is 10.2 Å². The smallest absolute Gasteiger partial charge is 0.314 e. The van der Waals surface area contributed by atoms with Crippen LogP contribution in [0.1, 0.15) is 17.0 Å². The predicted octanol–water partition coefficient (Wildman–Crippen LogP) is 2.41. The summed E-state index contributed by atoms with van der Waals surface area (Å²) in [4.78, 5) is 28.7. The van der Waals surface area contributed by atoms with Gasteiger partial charge in [0.05, 0.1) is 23.6 Å². The van der Waals surface area contributed by atoms with Crippen molar-refractivity contribution in [1.29, 1.82) is 0 Å². The molecule has 0 bridgehead atoms. The highest BCUT2D eigenvalue weighted by Crippen LogP contribution is 2.36. The molecule has 0 spiro atoms. The molecule has 0 unspecified atom stereocenters. The number of rotatable bonds is 4. The first kappa shape index (κ1) is 18.2. The highest BCUT2D eigenvalue weighted by atomic mass is 32.2. The molecule has 3 heterocycles. The van der Waals surface area contributed by atoms with Gasteiger partial charge in [-0.1, -0.05) is 6.07 Å². The van der Waals surface area contributed by atoms with Gasteiger partial charge in [-0.2, -0.15) is 16.9 Å². The molecule has 2 N–H and O–H groups in total. The Morgan fingerprint density at radius 1 is 1.11 bits per heavy atom. The monoisotopic (exact) mass is 397 g/mol. The van der Waals surface area contributed by atoms with E-state index < -0.39 is 11.8 Å². The number of pyridine rings is 1. The van der Waals surface area contributed by atoms with E-state index in [1.807, 2.05) is 0 Å². The Kier molecular flexibility index (Phi) is 5.07. The zero-order valence-electron chi connectivity index (χ0n) is 14.7. The Labute approximate surface area is 164 Å². The van der Waals surface area contributed by atoms with Crippen LogP contribution >= 0.6 is 11.8 Å². The molecule has 9 heteroatoms. The summed E-state index contributed by atoms with van der Waals surface area (Å²) in [6.07, 6.45) is 1.61. The number of halogens is 1. The van der Waals surface area contributed by atoms with Gasteiger partial charge in [0, 0.05) is 23.3 Å². The highest BCUT2D eigenvalue weighted by molar-refractivity contribution is 7.98. The lowest BCUT2D eigenvalue weighted by Gasteiger charge is -2.11. The molecule has 3 aromatic rings. The maximum absolute atomic E-state index is 13.2. The van der Waals surface area contributed by atoms with Crippen molar-refractivity contribution in [1.82, 2.24) is 20.1 Å². The van der Waals surface area contributed by atoms with Gasteiger partial charge >= 0.3 is 11.8 Å². The van der Waals surface area contributed by atoms with Crippen molar-refractivity contribution in [2.75, 3.05) is 5.32 Å². The predicted molar refractivity (Wildman–Crippen MR) is 103 cm³/mol. The third kappa shape index (κ3) is 3.74. The molecule has 0 saturated carbocycles. The number of carbonyl (C=O) groups excluding carboxylic acids is 2. The molecule has 7 nitrogen and oxygen atoms in total. The molecular weight excluding hydrogens is 381 g/mol. The van der Waals surface area contributed by atoms with Crippen LogP contribution in [-0.2, 0) is 27.6 Å². The molecule has 2 amide bonds. The molecule has 1 aliphatic rings. The van der Waals surface area contributed by atoms with Crippen LogP contribution in [0, 0.1) is 5.82 Å². The molecule has 0 fully saturated rings. The highest BCUT2D eigenvalue weighted by Gasteiger charge is 2.26. The van der Waals surface area contributed by atoms with Crippen molar-refractivity contribution in [3.8, 4) is 5.69 Å². The number of benzene rings is 1. The number of fused-ring (bicyclic) bond motifs is 1. The molecule has 0 aliphatic carbocycles. The van der Waals surface area contributed by atoms with E-state index in [0.29, 0.717) is 23.0 Å². The fraction of sp³-hybridized carbons (Fsp3) is 0.158. The first-order valence-electron chi connectivity index (χ1n) is 8.55. The summed E-state index contributed by atoms with van der Waals surface area (Å²) in [5.74, 6) is -0.0844. The standard InChI is InChI=1S/C19H16FN5O2S/c20-12-4-6-14(7-5-12)25-17(15-10-28-11-16(15)24-25)23-19(27)18(26)22-9-13-3-1-2-8-21-13/h1-8H,9-11H2,(H,22,26)(H,23,27). The average Bonchev–Trinajstić information content (AvgIpc) is 3.30. The number of aromatic nitrogens is 3. The molecule has 0 saturated heterocycles. The number of nitrogens with zero attached hydrogens (tertiary/aromatic N) is 3. The van der Waals surface area contributed by atoms with Crippen LogP contribution in [0.2, 0.25) is 0 Å². The maximum atomic E-state index is 13.2. The second-order valence-corrected chi connectivity index (χ2v) is 7.10.